The van der Waals surface area contributed by atoms with Gasteiger partial charge in [0.2, 0.25) is 0 Å². The number of esters is 4. The summed E-state index contributed by atoms with van der Waals surface area (Å²) in [6, 6.07) is 0. The van der Waals surface area contributed by atoms with Crippen LogP contribution in [0.4, 0.5) is 0 Å². The van der Waals surface area contributed by atoms with E-state index >= 15 is 0 Å². The first-order valence-electron chi connectivity index (χ1n) is 12.4. The molecule has 0 spiro atoms. The van der Waals surface area contributed by atoms with Crippen LogP contribution in [0, 0.1) is 0 Å². The van der Waals surface area contributed by atoms with Gasteiger partial charge in [0, 0.05) is 42.3 Å². The molecule has 0 saturated heterocycles. The Morgan fingerprint density at radius 1 is 0.500 bits per heavy atom. The van der Waals surface area contributed by atoms with E-state index < -0.39 is 48.8 Å². The smallest absolute Gasteiger partial charge is 0.335 e. The lowest BCUT2D eigenvalue weighted by Crippen LogP contribution is -2.07. The van der Waals surface area contributed by atoms with E-state index in [0.29, 0.717) is 5.57 Å². The predicted molar refractivity (Wildman–Crippen MR) is 204 cm³/mol. The van der Waals surface area contributed by atoms with Crippen LogP contribution in [0.15, 0.2) is 48.6 Å². The molecule has 0 amide bonds. The lowest BCUT2D eigenvalue weighted by atomic mass is 10.4. The molecular formula is C24H44O15P4S5. The van der Waals surface area contributed by atoms with Gasteiger partial charge in [0.05, 0.1) is 0 Å². The van der Waals surface area contributed by atoms with Crippen LogP contribution in [0.2, 0.25) is 0 Å². The second kappa shape index (κ2) is 27.2. The van der Waals surface area contributed by atoms with Crippen LogP contribution in [0.1, 0.15) is 27.7 Å². The Morgan fingerprint density at radius 2 is 0.667 bits per heavy atom. The fourth-order valence-corrected chi connectivity index (χ4v) is 2.85. The lowest BCUT2D eigenvalue weighted by Gasteiger charge is -2.10. The summed E-state index contributed by atoms with van der Waals surface area (Å²) in [7, 11) is 0. The summed E-state index contributed by atoms with van der Waals surface area (Å²) in [5.41, 5.74) is -0.860. The van der Waals surface area contributed by atoms with E-state index in [9.17, 15) is 19.2 Å². The first kappa shape index (κ1) is 54.3. The maximum Gasteiger partial charge on any atom is 0.335 e. The Labute approximate surface area is 307 Å². The van der Waals surface area contributed by atoms with Crippen molar-refractivity contribution in [3.8, 4) is 0 Å². The van der Waals surface area contributed by atoms with Crippen LogP contribution >= 0.6 is 37.2 Å². The minimum Gasteiger partial charge on any atom is -0.435 e. The zero-order valence-electron chi connectivity index (χ0n) is 27.8. The molecule has 0 aliphatic heterocycles. The number of hydrogen-bond acceptors (Lipinski definition) is 16. The highest BCUT2D eigenvalue weighted by molar-refractivity contribution is 8.61. The van der Waals surface area contributed by atoms with Crippen molar-refractivity contribution < 1.29 is 70.9 Å². The van der Waals surface area contributed by atoms with Gasteiger partial charge in [-0.25, -0.2) is 19.2 Å². The number of rotatable bonds is 16. The Bertz CT molecular complexity index is 1130. The molecule has 0 aliphatic carbocycles. The van der Waals surface area contributed by atoms with Crippen LogP contribution in [-0.2, 0) is 103 Å². The Hall–Kier alpha value is -0.490. The normalized spacial score (nSPS) is 14.9. The Balaban J connectivity index is -0.000000269. The van der Waals surface area contributed by atoms with Crippen molar-refractivity contribution in [1.29, 1.82) is 0 Å². The fourth-order valence-electron chi connectivity index (χ4n) is 1.20. The van der Waals surface area contributed by atoms with E-state index in [-0.39, 0.29) is 43.9 Å². The van der Waals surface area contributed by atoms with E-state index in [1.54, 1.807) is 13.6 Å². The third-order valence-electron chi connectivity index (χ3n) is 3.32. The summed E-state index contributed by atoms with van der Waals surface area (Å²) < 4.78 is 37.1. The second-order valence-corrected chi connectivity index (χ2v) is 27.8. The average molecular weight is 857 g/mol. The molecule has 0 aromatic heterocycles. The van der Waals surface area contributed by atoms with Crippen molar-refractivity contribution in [3.63, 3.8) is 0 Å². The molecule has 48 heavy (non-hydrogen) atoms. The van der Waals surface area contributed by atoms with Crippen LogP contribution in [-0.4, -0.2) is 92.4 Å². The minimum atomic E-state index is -2.73. The molecule has 4 atom stereocenters. The van der Waals surface area contributed by atoms with Gasteiger partial charge in [-0.1, -0.05) is 38.1 Å². The van der Waals surface area contributed by atoms with Gasteiger partial charge >= 0.3 is 23.9 Å². The monoisotopic (exact) mass is 856 g/mol. The summed E-state index contributed by atoms with van der Waals surface area (Å²) in [6.07, 6.45) is 0. The summed E-state index contributed by atoms with van der Waals surface area (Å²) in [5, 5.41) is 0. The van der Waals surface area contributed by atoms with Crippen LogP contribution in [0.25, 0.3) is 0 Å². The number of thiol groups is 1. The van der Waals surface area contributed by atoms with Gasteiger partial charge in [-0.15, -0.1) is 12.2 Å². The zero-order valence-corrected chi connectivity index (χ0v) is 35.5. The average Bonchev–Trinajstić information content (AvgIpc) is 2.86. The minimum absolute atomic E-state index is 0.150. The molecule has 4 unspecified atom stereocenters. The SMILES string of the molecule is C=C(C)C(=O)OCOP(C)(=S)S.C=C(C)C(=O)OCOP(C)(O)=S.C=C(C)C(=O)OCOP(C)(O)=S.C=C(C)C(=O)OCOP(C)(O)=S. The third kappa shape index (κ3) is 47.6. The molecule has 0 radical (unpaired) electrons. The molecule has 0 aliphatic rings. The summed E-state index contributed by atoms with van der Waals surface area (Å²) in [5.74, 6) is -2.15. The number of carbonyl (C=O) groups excluding carboxylic acids is 4. The molecule has 0 saturated carbocycles. The molecule has 0 rings (SSSR count). The molecule has 280 valence electrons. The van der Waals surface area contributed by atoms with Gasteiger partial charge in [0.1, 0.15) is 5.47 Å². The highest BCUT2D eigenvalue weighted by atomic mass is 32.9. The van der Waals surface area contributed by atoms with Gasteiger partial charge in [-0.2, -0.15) is 0 Å². The van der Waals surface area contributed by atoms with Crippen LogP contribution in [0.5, 0.6) is 0 Å². The summed E-state index contributed by atoms with van der Waals surface area (Å²) in [4.78, 5) is 69.8. The highest BCUT2D eigenvalue weighted by Gasteiger charge is 2.10. The topological polar surface area (TPSA) is 203 Å². The zero-order chi connectivity index (χ0) is 39.1. The van der Waals surface area contributed by atoms with Crippen molar-refractivity contribution >= 4 is 108 Å². The molecule has 0 bridgehead atoms. The van der Waals surface area contributed by atoms with E-state index in [2.05, 4.69) is 107 Å². The molecule has 15 nitrogen and oxygen atoms in total. The molecular weight excluding hydrogens is 812 g/mol. The first-order chi connectivity index (χ1) is 21.3. The Morgan fingerprint density at radius 3 is 0.792 bits per heavy atom. The van der Waals surface area contributed by atoms with Crippen molar-refractivity contribution in [1.82, 2.24) is 0 Å². The largest absolute Gasteiger partial charge is 0.435 e. The fraction of sp³-hybridized carbons (Fsp3) is 0.500. The van der Waals surface area contributed by atoms with Crippen molar-refractivity contribution in [2.45, 2.75) is 27.7 Å². The highest BCUT2D eigenvalue weighted by Crippen LogP contribution is 2.47. The Kier molecular flexibility index (Phi) is 30.8. The van der Waals surface area contributed by atoms with Gasteiger partial charge in [0.25, 0.3) is 0 Å². The summed E-state index contributed by atoms with van der Waals surface area (Å²) >= 11 is 22.4. The third-order valence-corrected chi connectivity index (χ3v) is 7.27. The van der Waals surface area contributed by atoms with Gasteiger partial charge in [-0.05, 0) is 69.8 Å². The quantitative estimate of drug-likeness (QED) is 0.0404. The van der Waals surface area contributed by atoms with Gasteiger partial charge in [-0.3, -0.25) is 13.6 Å². The molecule has 24 heteroatoms. The maximum absolute atomic E-state index is 10.8. The van der Waals surface area contributed by atoms with Crippen molar-refractivity contribution in [2.24, 2.45) is 0 Å². The molecule has 0 aromatic carbocycles. The number of carbonyl (C=O) groups is 4. The standard InChI is InChI=1S/3C6H11O4PS.C6H11O3PS2/c3*1-5(2)6(7)9-4-10-11(3,8)12;1-5(2)6(7)8-4-9-10(3,11)12/h3*1,4H2,2-3H3,(H,8,12);1,4H2,2-3H3,(H,11,12). The van der Waals surface area contributed by atoms with E-state index in [4.69, 9.17) is 31.0 Å². The first-order valence-corrected chi connectivity index (χ1v) is 26.1. The van der Waals surface area contributed by atoms with E-state index in [1.165, 1.54) is 40.8 Å². The second-order valence-electron chi connectivity index (χ2n) is 9.05. The number of hydrogen-bond donors (Lipinski definition) is 4. The molecule has 0 heterocycles. The van der Waals surface area contributed by atoms with Crippen LogP contribution in [0.3, 0.4) is 0 Å². The van der Waals surface area contributed by atoms with Gasteiger partial charge in [0.15, 0.2) is 46.6 Å². The van der Waals surface area contributed by atoms with Crippen molar-refractivity contribution in [3.05, 3.63) is 48.6 Å². The molecule has 3 N–H and O–H groups in total. The molecule has 0 fully saturated rings. The van der Waals surface area contributed by atoms with Crippen LogP contribution < -0.4 is 0 Å². The van der Waals surface area contributed by atoms with E-state index in [1.807, 2.05) is 0 Å². The maximum atomic E-state index is 10.8. The number of ether oxygens (including phenoxy) is 4. The van der Waals surface area contributed by atoms with Crippen molar-refractivity contribution in [2.75, 3.05) is 53.8 Å². The summed E-state index contributed by atoms with van der Waals surface area (Å²) in [6.45, 7) is 16.1. The van der Waals surface area contributed by atoms with E-state index in [0.717, 1.165) is 0 Å². The van der Waals surface area contributed by atoms with Gasteiger partial charge < -0.3 is 38.2 Å². The lowest BCUT2D eigenvalue weighted by molar-refractivity contribution is -0.146. The molecule has 0 aromatic rings. The predicted octanol–water partition coefficient (Wildman–Crippen LogP) is 4.98.